The summed E-state index contributed by atoms with van der Waals surface area (Å²) >= 11 is 0. The second kappa shape index (κ2) is 3.20. The van der Waals surface area contributed by atoms with Gasteiger partial charge in [0.05, 0.1) is 19.3 Å². The molecule has 3 nitrogen and oxygen atoms in total. The summed E-state index contributed by atoms with van der Waals surface area (Å²) in [4.78, 5) is 0. The van der Waals surface area contributed by atoms with Gasteiger partial charge in [-0.2, -0.15) is 13.2 Å². The number of halogens is 3. The third-order valence-electron chi connectivity index (χ3n) is 1.81. The van der Waals surface area contributed by atoms with Crippen LogP contribution in [-0.2, 0) is 4.74 Å². The molecule has 12 heavy (non-hydrogen) atoms. The van der Waals surface area contributed by atoms with Gasteiger partial charge in [0, 0.05) is 0 Å². The van der Waals surface area contributed by atoms with Crippen LogP contribution in [0.1, 0.15) is 0 Å². The summed E-state index contributed by atoms with van der Waals surface area (Å²) in [5.74, 6) is -1.97. The monoisotopic (exact) mass is 186 g/mol. The summed E-state index contributed by atoms with van der Waals surface area (Å²) < 4.78 is 40.5. The first kappa shape index (κ1) is 9.76. The molecule has 72 valence electrons. The Balaban J connectivity index is 2.64. The van der Waals surface area contributed by atoms with Crippen molar-refractivity contribution >= 4 is 0 Å². The molecule has 1 aliphatic rings. The van der Waals surface area contributed by atoms with E-state index in [1.54, 1.807) is 0 Å². The number of alkyl halides is 3. The average molecular weight is 186 g/mol. The van der Waals surface area contributed by atoms with Crippen LogP contribution in [0.25, 0.3) is 0 Å². The molecule has 0 aromatic heterocycles. The average Bonchev–Trinajstić information content (AvgIpc) is 1.92. The lowest BCUT2D eigenvalue weighted by molar-refractivity contribution is -0.248. The van der Waals surface area contributed by atoms with Crippen LogP contribution in [0.2, 0.25) is 0 Å². The van der Waals surface area contributed by atoms with Crippen molar-refractivity contribution in [2.75, 3.05) is 13.2 Å². The van der Waals surface area contributed by atoms with E-state index in [2.05, 4.69) is 4.74 Å². The minimum atomic E-state index is -4.51. The van der Waals surface area contributed by atoms with Gasteiger partial charge in [-0.3, -0.25) is 0 Å². The maximum atomic E-state index is 12.0. The molecule has 0 aromatic carbocycles. The minimum Gasteiger partial charge on any atom is -0.390 e. The van der Waals surface area contributed by atoms with Crippen LogP contribution in [0.15, 0.2) is 0 Å². The van der Waals surface area contributed by atoms with Crippen LogP contribution in [-0.4, -0.2) is 41.8 Å². The first-order valence-corrected chi connectivity index (χ1v) is 3.43. The zero-order valence-electron chi connectivity index (χ0n) is 6.08. The molecule has 1 heterocycles. The fraction of sp³-hybridized carbons (Fsp3) is 1.00. The summed E-state index contributed by atoms with van der Waals surface area (Å²) in [6.07, 6.45) is -7.72. The molecule has 3 unspecified atom stereocenters. The highest BCUT2D eigenvalue weighted by molar-refractivity contribution is 4.84. The third kappa shape index (κ3) is 1.88. The standard InChI is InChI=1S/C6H9F3O3/c7-6(8,9)3-1-12-2-4(10)5(3)11/h3-5,10-11H,1-2H2. The van der Waals surface area contributed by atoms with E-state index in [9.17, 15) is 13.2 Å². The fourth-order valence-electron chi connectivity index (χ4n) is 1.07. The van der Waals surface area contributed by atoms with Gasteiger partial charge in [0.2, 0.25) is 0 Å². The summed E-state index contributed by atoms with van der Waals surface area (Å²) in [6, 6.07) is 0. The normalized spacial score (nSPS) is 38.2. The largest absolute Gasteiger partial charge is 0.396 e. The molecule has 3 atom stereocenters. The van der Waals surface area contributed by atoms with Gasteiger partial charge in [0.1, 0.15) is 12.0 Å². The van der Waals surface area contributed by atoms with Gasteiger partial charge >= 0.3 is 6.18 Å². The maximum absolute atomic E-state index is 12.0. The highest BCUT2D eigenvalue weighted by Crippen LogP contribution is 2.32. The minimum absolute atomic E-state index is 0.242. The molecule has 0 saturated carbocycles. The van der Waals surface area contributed by atoms with Crippen molar-refractivity contribution in [3.8, 4) is 0 Å². The quantitative estimate of drug-likeness (QED) is 0.556. The highest BCUT2D eigenvalue weighted by atomic mass is 19.4. The number of hydrogen-bond acceptors (Lipinski definition) is 3. The Hall–Kier alpha value is -0.330. The lowest BCUT2D eigenvalue weighted by Crippen LogP contribution is -2.50. The van der Waals surface area contributed by atoms with Gasteiger partial charge < -0.3 is 14.9 Å². The summed E-state index contributed by atoms with van der Waals surface area (Å²) in [6.45, 7) is -0.824. The summed E-state index contributed by atoms with van der Waals surface area (Å²) in [7, 11) is 0. The van der Waals surface area contributed by atoms with Gasteiger partial charge in [-0.05, 0) is 0 Å². The maximum Gasteiger partial charge on any atom is 0.396 e. The molecule has 0 aliphatic carbocycles. The summed E-state index contributed by atoms with van der Waals surface area (Å²) in [5.41, 5.74) is 0. The van der Waals surface area contributed by atoms with Crippen LogP contribution in [0, 0.1) is 5.92 Å². The van der Waals surface area contributed by atoms with Crippen molar-refractivity contribution in [1.29, 1.82) is 0 Å². The van der Waals surface area contributed by atoms with Crippen molar-refractivity contribution in [3.05, 3.63) is 0 Å². The molecular weight excluding hydrogens is 177 g/mol. The molecular formula is C6H9F3O3. The van der Waals surface area contributed by atoms with Gasteiger partial charge in [-0.1, -0.05) is 0 Å². The van der Waals surface area contributed by atoms with Gasteiger partial charge in [0.25, 0.3) is 0 Å². The first-order valence-electron chi connectivity index (χ1n) is 3.43. The zero-order chi connectivity index (χ0) is 9.35. The van der Waals surface area contributed by atoms with Crippen molar-refractivity contribution in [3.63, 3.8) is 0 Å². The van der Waals surface area contributed by atoms with Crippen molar-refractivity contribution in [2.45, 2.75) is 18.4 Å². The second-order valence-corrected chi connectivity index (χ2v) is 2.74. The molecule has 1 rings (SSSR count). The second-order valence-electron chi connectivity index (χ2n) is 2.74. The lowest BCUT2D eigenvalue weighted by Gasteiger charge is -2.32. The van der Waals surface area contributed by atoms with Crippen LogP contribution >= 0.6 is 0 Å². The predicted octanol–water partition coefficient (Wildman–Crippen LogP) is -0.0831. The molecule has 0 aromatic rings. The Kier molecular flexibility index (Phi) is 2.60. The Bertz CT molecular complexity index is 159. The van der Waals surface area contributed by atoms with Crippen molar-refractivity contribution < 1.29 is 28.1 Å². The van der Waals surface area contributed by atoms with E-state index in [1.165, 1.54) is 0 Å². The molecule has 1 fully saturated rings. The molecule has 1 saturated heterocycles. The van der Waals surface area contributed by atoms with Crippen LogP contribution in [0.3, 0.4) is 0 Å². The zero-order valence-corrected chi connectivity index (χ0v) is 6.08. The van der Waals surface area contributed by atoms with Gasteiger partial charge in [-0.15, -0.1) is 0 Å². The highest BCUT2D eigenvalue weighted by Gasteiger charge is 2.48. The lowest BCUT2D eigenvalue weighted by atomic mass is 9.96. The Morgan fingerprint density at radius 2 is 1.75 bits per heavy atom. The molecule has 6 heteroatoms. The van der Waals surface area contributed by atoms with E-state index in [0.717, 1.165) is 0 Å². The summed E-state index contributed by atoms with van der Waals surface area (Å²) in [5, 5.41) is 17.8. The van der Waals surface area contributed by atoms with E-state index < -0.39 is 30.9 Å². The number of rotatable bonds is 0. The van der Waals surface area contributed by atoms with E-state index in [1.807, 2.05) is 0 Å². The van der Waals surface area contributed by atoms with Gasteiger partial charge in [0.15, 0.2) is 0 Å². The van der Waals surface area contributed by atoms with Crippen LogP contribution in [0.5, 0.6) is 0 Å². The molecule has 2 N–H and O–H groups in total. The third-order valence-corrected chi connectivity index (χ3v) is 1.81. The van der Waals surface area contributed by atoms with E-state index in [0.29, 0.717) is 0 Å². The van der Waals surface area contributed by atoms with E-state index in [-0.39, 0.29) is 6.61 Å². The van der Waals surface area contributed by atoms with Crippen molar-refractivity contribution in [2.24, 2.45) is 5.92 Å². The predicted molar refractivity (Wildman–Crippen MR) is 32.4 cm³/mol. The smallest absolute Gasteiger partial charge is 0.390 e. The van der Waals surface area contributed by atoms with Crippen molar-refractivity contribution in [1.82, 2.24) is 0 Å². The number of ether oxygens (including phenoxy) is 1. The molecule has 0 radical (unpaired) electrons. The molecule has 0 spiro atoms. The topological polar surface area (TPSA) is 49.7 Å². The molecule has 0 bridgehead atoms. The van der Waals surface area contributed by atoms with Gasteiger partial charge in [-0.25, -0.2) is 0 Å². The fourth-order valence-corrected chi connectivity index (χ4v) is 1.07. The number of aliphatic hydroxyl groups is 2. The SMILES string of the molecule is OC1COCC(C(F)(F)F)C1O. The van der Waals surface area contributed by atoms with Crippen LogP contribution < -0.4 is 0 Å². The van der Waals surface area contributed by atoms with E-state index in [4.69, 9.17) is 10.2 Å². The van der Waals surface area contributed by atoms with Crippen LogP contribution in [0.4, 0.5) is 13.2 Å². The first-order chi connectivity index (χ1) is 5.43. The Morgan fingerprint density at radius 3 is 2.17 bits per heavy atom. The molecule has 1 aliphatic heterocycles. The number of aliphatic hydroxyl groups excluding tert-OH is 2. The van der Waals surface area contributed by atoms with E-state index >= 15 is 0 Å². The Morgan fingerprint density at radius 1 is 1.17 bits per heavy atom. The molecule has 0 amide bonds. The Labute approximate surface area is 66.8 Å². The number of hydrogen-bond donors (Lipinski definition) is 2.